The second-order valence-electron chi connectivity index (χ2n) is 13.1. The van der Waals surface area contributed by atoms with Crippen LogP contribution in [0.4, 0.5) is 5.95 Å². The number of ether oxygens (including phenoxy) is 4. The molecular formula is C39H53N5O5. The number of aromatic amines is 1. The number of hydrogen-bond donors (Lipinski definition) is 2. The molecule has 2 N–H and O–H groups in total. The number of nitrogens with zero attached hydrogens (tertiary/aromatic N) is 3. The van der Waals surface area contributed by atoms with Crippen molar-refractivity contribution in [2.45, 2.75) is 65.0 Å². The fourth-order valence-corrected chi connectivity index (χ4v) is 6.84. The number of amides is 1. The quantitative estimate of drug-likeness (QED) is 0.138. The number of anilines is 1. The summed E-state index contributed by atoms with van der Waals surface area (Å²) in [5.74, 6) is 2.29. The molecule has 2 unspecified atom stereocenters. The summed E-state index contributed by atoms with van der Waals surface area (Å²) in [5.41, 5.74) is 7.38. The lowest BCUT2D eigenvalue weighted by Crippen LogP contribution is -2.40. The SMILES string of the molecule is CCOC(C)c1cccc2[nH]c(NC3CCN(CCC(CN(C)C(=O)c4cc(OC)c(OC)c(OC)c4)c4ccc(C)c(C)c4)CC3)nc12. The van der Waals surface area contributed by atoms with Crippen LogP contribution < -0.4 is 19.5 Å². The molecule has 0 radical (unpaired) electrons. The number of fused-ring (bicyclic) bond motifs is 1. The lowest BCUT2D eigenvalue weighted by atomic mass is 9.91. The van der Waals surface area contributed by atoms with Gasteiger partial charge in [0.1, 0.15) is 0 Å². The van der Waals surface area contributed by atoms with Crippen LogP contribution in [0.5, 0.6) is 17.2 Å². The Morgan fingerprint density at radius 1 is 1.02 bits per heavy atom. The minimum Gasteiger partial charge on any atom is -0.493 e. The minimum atomic E-state index is -0.0926. The maximum Gasteiger partial charge on any atom is 0.253 e. The number of carbonyl (C=O) groups is 1. The third-order valence-electron chi connectivity index (χ3n) is 9.88. The second-order valence-corrected chi connectivity index (χ2v) is 13.1. The van der Waals surface area contributed by atoms with Crippen molar-refractivity contribution in [1.29, 1.82) is 0 Å². The van der Waals surface area contributed by atoms with E-state index >= 15 is 0 Å². The number of aromatic nitrogens is 2. The lowest BCUT2D eigenvalue weighted by molar-refractivity contribution is 0.0772. The fourth-order valence-electron chi connectivity index (χ4n) is 6.84. The van der Waals surface area contributed by atoms with Gasteiger partial charge in [-0.25, -0.2) is 4.98 Å². The number of piperidine rings is 1. The average molecular weight is 672 g/mol. The highest BCUT2D eigenvalue weighted by atomic mass is 16.5. The smallest absolute Gasteiger partial charge is 0.253 e. The Hall–Kier alpha value is -4.28. The van der Waals surface area contributed by atoms with Crippen molar-refractivity contribution in [3.8, 4) is 17.2 Å². The first-order chi connectivity index (χ1) is 23.6. The van der Waals surface area contributed by atoms with Crippen molar-refractivity contribution in [2.75, 3.05) is 66.5 Å². The summed E-state index contributed by atoms with van der Waals surface area (Å²) in [6, 6.07) is 16.7. The number of para-hydroxylation sites is 1. The Balaban J connectivity index is 1.22. The first kappa shape index (κ1) is 36.0. The minimum absolute atomic E-state index is 0.00637. The van der Waals surface area contributed by atoms with Crippen LogP contribution in [0.15, 0.2) is 48.5 Å². The van der Waals surface area contributed by atoms with Crippen LogP contribution in [0, 0.1) is 13.8 Å². The topological polar surface area (TPSA) is 101 Å². The fraction of sp³-hybridized carbons (Fsp3) is 0.487. The second kappa shape index (κ2) is 16.4. The average Bonchev–Trinajstić information content (AvgIpc) is 3.53. The van der Waals surface area contributed by atoms with Gasteiger partial charge in [0.2, 0.25) is 11.7 Å². The van der Waals surface area contributed by atoms with Gasteiger partial charge in [0.05, 0.1) is 38.5 Å². The lowest BCUT2D eigenvalue weighted by Gasteiger charge is -2.34. The Kier molecular flexibility index (Phi) is 12.1. The van der Waals surface area contributed by atoms with Gasteiger partial charge >= 0.3 is 0 Å². The van der Waals surface area contributed by atoms with E-state index in [1.807, 2.05) is 18.9 Å². The van der Waals surface area contributed by atoms with Crippen molar-refractivity contribution in [3.63, 3.8) is 0 Å². The molecule has 1 aliphatic rings. The Morgan fingerprint density at radius 3 is 2.37 bits per heavy atom. The summed E-state index contributed by atoms with van der Waals surface area (Å²) in [7, 11) is 6.54. The van der Waals surface area contributed by atoms with E-state index in [-0.39, 0.29) is 17.9 Å². The molecule has 1 amide bonds. The normalized spacial score (nSPS) is 15.2. The number of likely N-dealkylation sites (tertiary alicyclic amines) is 1. The predicted octanol–water partition coefficient (Wildman–Crippen LogP) is 7.13. The molecule has 0 spiro atoms. The van der Waals surface area contributed by atoms with E-state index in [9.17, 15) is 4.79 Å². The third-order valence-corrected chi connectivity index (χ3v) is 9.88. The number of methoxy groups -OCH3 is 3. The van der Waals surface area contributed by atoms with Crippen LogP contribution in [-0.4, -0.2) is 92.9 Å². The first-order valence-electron chi connectivity index (χ1n) is 17.4. The highest BCUT2D eigenvalue weighted by Gasteiger charge is 2.25. The molecule has 1 saturated heterocycles. The van der Waals surface area contributed by atoms with Crippen molar-refractivity contribution in [3.05, 3.63) is 76.3 Å². The van der Waals surface area contributed by atoms with Crippen LogP contribution in [-0.2, 0) is 4.74 Å². The van der Waals surface area contributed by atoms with E-state index in [0.29, 0.717) is 42.0 Å². The zero-order valence-corrected chi connectivity index (χ0v) is 30.4. The van der Waals surface area contributed by atoms with E-state index in [0.717, 1.165) is 61.4 Å². The molecular weight excluding hydrogens is 618 g/mol. The van der Waals surface area contributed by atoms with Gasteiger partial charge in [-0.1, -0.05) is 30.3 Å². The number of likely N-dealkylation sites (N-methyl/N-ethyl adjacent to an activating group) is 1. The Bertz CT molecular complexity index is 1690. The zero-order valence-electron chi connectivity index (χ0n) is 30.4. The molecule has 0 saturated carbocycles. The van der Waals surface area contributed by atoms with E-state index in [2.05, 4.69) is 72.4 Å². The van der Waals surface area contributed by atoms with Crippen molar-refractivity contribution in [2.24, 2.45) is 0 Å². The van der Waals surface area contributed by atoms with Gasteiger partial charge in [-0.05, 0) is 88.4 Å². The molecule has 10 heteroatoms. The highest BCUT2D eigenvalue weighted by molar-refractivity contribution is 5.95. The number of nitrogens with one attached hydrogen (secondary N) is 2. The zero-order chi connectivity index (χ0) is 35.1. The van der Waals surface area contributed by atoms with Crippen LogP contribution in [0.3, 0.4) is 0 Å². The summed E-state index contributed by atoms with van der Waals surface area (Å²) in [4.78, 5) is 26.5. The number of hydrogen-bond acceptors (Lipinski definition) is 8. The van der Waals surface area contributed by atoms with Crippen molar-refractivity contribution >= 4 is 22.9 Å². The van der Waals surface area contributed by atoms with Crippen molar-refractivity contribution < 1.29 is 23.7 Å². The molecule has 4 aromatic rings. The van der Waals surface area contributed by atoms with Crippen molar-refractivity contribution in [1.82, 2.24) is 19.8 Å². The standard InChI is InChI=1S/C39H53N5O5/c1-9-49-27(4)32-11-10-12-33-36(32)42-39(41-33)40-31-16-19-44(20-17-31)18-15-29(28-14-13-25(2)26(3)21-28)24-43(5)38(45)30-22-34(46-6)37(48-8)35(23-30)47-7/h10-14,21-23,27,29,31H,9,15-20,24H2,1-8H3,(H2,40,41,42). The Labute approximate surface area is 291 Å². The van der Waals surface area contributed by atoms with E-state index in [1.54, 1.807) is 33.5 Å². The number of imidazole rings is 1. The van der Waals surface area contributed by atoms with Gasteiger partial charge < -0.3 is 39.0 Å². The number of rotatable bonds is 15. The number of benzene rings is 3. The molecule has 49 heavy (non-hydrogen) atoms. The number of carbonyl (C=O) groups excluding carboxylic acids is 1. The summed E-state index contributed by atoms with van der Waals surface area (Å²) in [5, 5.41) is 3.66. The molecule has 3 aromatic carbocycles. The molecule has 1 fully saturated rings. The molecule has 5 rings (SSSR count). The van der Waals surface area contributed by atoms with Crippen LogP contribution in [0.1, 0.15) is 77.7 Å². The summed E-state index contributed by atoms with van der Waals surface area (Å²) in [6.45, 7) is 12.6. The maximum absolute atomic E-state index is 13.7. The van der Waals surface area contributed by atoms with Gasteiger partial charge in [-0.3, -0.25) is 4.79 Å². The Morgan fingerprint density at radius 2 is 1.73 bits per heavy atom. The van der Waals surface area contributed by atoms with Crippen LogP contribution in [0.2, 0.25) is 0 Å². The molecule has 1 aromatic heterocycles. The summed E-state index contributed by atoms with van der Waals surface area (Å²) >= 11 is 0. The van der Waals surface area contributed by atoms with Gasteiger partial charge in [-0.2, -0.15) is 0 Å². The van der Waals surface area contributed by atoms with Gasteiger partial charge in [-0.15, -0.1) is 0 Å². The number of aryl methyl sites for hydroxylation is 2. The molecule has 1 aliphatic heterocycles. The highest BCUT2D eigenvalue weighted by Crippen LogP contribution is 2.38. The largest absolute Gasteiger partial charge is 0.493 e. The van der Waals surface area contributed by atoms with Crippen LogP contribution >= 0.6 is 0 Å². The third kappa shape index (κ3) is 8.48. The summed E-state index contributed by atoms with van der Waals surface area (Å²) < 4.78 is 22.3. The molecule has 0 bridgehead atoms. The van der Waals surface area contributed by atoms with Crippen LogP contribution in [0.25, 0.3) is 11.0 Å². The first-order valence-corrected chi connectivity index (χ1v) is 17.4. The predicted molar refractivity (Wildman–Crippen MR) is 196 cm³/mol. The molecule has 2 heterocycles. The van der Waals surface area contributed by atoms with E-state index < -0.39 is 0 Å². The number of H-pyrrole nitrogens is 1. The van der Waals surface area contributed by atoms with Gasteiger partial charge in [0, 0.05) is 56.4 Å². The maximum atomic E-state index is 13.7. The van der Waals surface area contributed by atoms with E-state index in [4.69, 9.17) is 23.9 Å². The molecule has 10 nitrogen and oxygen atoms in total. The van der Waals surface area contributed by atoms with Gasteiger partial charge in [0.15, 0.2) is 11.5 Å². The summed E-state index contributed by atoms with van der Waals surface area (Å²) in [6.07, 6.45) is 3.01. The molecule has 2 atom stereocenters. The monoisotopic (exact) mass is 671 g/mol. The van der Waals surface area contributed by atoms with Gasteiger partial charge in [0.25, 0.3) is 5.91 Å². The molecule has 264 valence electrons. The van der Waals surface area contributed by atoms with E-state index in [1.165, 1.54) is 16.7 Å². The molecule has 0 aliphatic carbocycles.